The summed E-state index contributed by atoms with van der Waals surface area (Å²) in [5.41, 5.74) is 7.85. The van der Waals surface area contributed by atoms with E-state index in [2.05, 4.69) is 0 Å². The highest BCUT2D eigenvalue weighted by atomic mass is 19.1. The molecule has 20 heavy (non-hydrogen) atoms. The predicted octanol–water partition coefficient (Wildman–Crippen LogP) is 3.22. The molecule has 1 unspecified atom stereocenters. The van der Waals surface area contributed by atoms with E-state index >= 15 is 0 Å². The zero-order valence-corrected chi connectivity index (χ0v) is 11.6. The molecule has 0 aromatic heterocycles. The molecule has 0 radical (unpaired) electrons. The van der Waals surface area contributed by atoms with Crippen LogP contribution in [0.1, 0.15) is 17.2 Å². The van der Waals surface area contributed by atoms with Crippen molar-refractivity contribution in [1.29, 1.82) is 0 Å². The molecule has 2 rings (SSSR count). The maximum absolute atomic E-state index is 13.6. The van der Waals surface area contributed by atoms with Gasteiger partial charge in [-0.3, -0.25) is 0 Å². The van der Waals surface area contributed by atoms with Crippen molar-refractivity contribution in [3.05, 3.63) is 59.4 Å². The molecule has 1 atom stereocenters. The highest BCUT2D eigenvalue weighted by molar-refractivity contribution is 5.36. The zero-order chi connectivity index (χ0) is 14.5. The van der Waals surface area contributed by atoms with Gasteiger partial charge in [0.2, 0.25) is 0 Å². The van der Waals surface area contributed by atoms with Crippen LogP contribution in [0.3, 0.4) is 0 Å². The molecule has 4 heteroatoms. The fourth-order valence-corrected chi connectivity index (χ4v) is 1.96. The van der Waals surface area contributed by atoms with Gasteiger partial charge in [-0.2, -0.15) is 0 Å². The van der Waals surface area contributed by atoms with Gasteiger partial charge in [-0.05, 0) is 30.7 Å². The lowest BCUT2D eigenvalue weighted by atomic mass is 10.1. The van der Waals surface area contributed by atoms with Crippen LogP contribution >= 0.6 is 0 Å². The Hall–Kier alpha value is -2.07. The number of aryl methyl sites for hydroxylation is 1. The van der Waals surface area contributed by atoms with Crippen molar-refractivity contribution < 1.29 is 13.9 Å². The molecule has 0 saturated carbocycles. The number of methoxy groups -OCH3 is 1. The van der Waals surface area contributed by atoms with Gasteiger partial charge >= 0.3 is 0 Å². The van der Waals surface area contributed by atoms with Gasteiger partial charge in [0.15, 0.2) is 11.6 Å². The summed E-state index contributed by atoms with van der Waals surface area (Å²) in [6.45, 7) is 2.06. The maximum Gasteiger partial charge on any atom is 0.165 e. The van der Waals surface area contributed by atoms with Gasteiger partial charge in [0.25, 0.3) is 0 Å². The number of hydrogen-bond donors (Lipinski definition) is 1. The van der Waals surface area contributed by atoms with Crippen molar-refractivity contribution in [1.82, 2.24) is 0 Å². The Kier molecular flexibility index (Phi) is 4.58. The first-order chi connectivity index (χ1) is 9.61. The average molecular weight is 275 g/mol. The van der Waals surface area contributed by atoms with Crippen molar-refractivity contribution in [2.45, 2.75) is 13.0 Å². The van der Waals surface area contributed by atoms with Crippen molar-refractivity contribution in [3.8, 4) is 11.5 Å². The normalized spacial score (nSPS) is 12.0. The molecule has 0 saturated heterocycles. The molecule has 2 N–H and O–H groups in total. The highest BCUT2D eigenvalue weighted by Gasteiger charge is 2.13. The summed E-state index contributed by atoms with van der Waals surface area (Å²) in [4.78, 5) is 0. The average Bonchev–Trinajstić information content (AvgIpc) is 2.47. The van der Waals surface area contributed by atoms with E-state index in [4.69, 9.17) is 15.2 Å². The molecule has 106 valence electrons. The molecule has 2 aromatic rings. The summed E-state index contributed by atoms with van der Waals surface area (Å²) in [5, 5.41) is 0. The third kappa shape index (κ3) is 3.27. The molecule has 0 heterocycles. The SMILES string of the molecule is COc1ccccc1C(N)COc1cc(C)ccc1F. The minimum Gasteiger partial charge on any atom is -0.496 e. The van der Waals surface area contributed by atoms with Crippen LogP contribution < -0.4 is 15.2 Å². The lowest BCUT2D eigenvalue weighted by Gasteiger charge is -2.16. The zero-order valence-electron chi connectivity index (χ0n) is 11.6. The minimum atomic E-state index is -0.386. The fourth-order valence-electron chi connectivity index (χ4n) is 1.96. The number of halogens is 1. The van der Waals surface area contributed by atoms with Crippen molar-refractivity contribution >= 4 is 0 Å². The molecule has 3 nitrogen and oxygen atoms in total. The van der Waals surface area contributed by atoms with Gasteiger partial charge in [0, 0.05) is 5.56 Å². The third-order valence-corrected chi connectivity index (χ3v) is 3.04. The molecule has 0 aliphatic carbocycles. The molecule has 0 bridgehead atoms. The molecular weight excluding hydrogens is 257 g/mol. The molecule has 0 amide bonds. The summed E-state index contributed by atoms with van der Waals surface area (Å²) in [7, 11) is 1.59. The number of ether oxygens (including phenoxy) is 2. The Balaban J connectivity index is 2.08. The van der Waals surface area contributed by atoms with Crippen LogP contribution in [-0.2, 0) is 0 Å². The number of para-hydroxylation sites is 1. The summed E-state index contributed by atoms with van der Waals surface area (Å²) in [5.74, 6) is 0.534. The van der Waals surface area contributed by atoms with E-state index in [0.717, 1.165) is 11.1 Å². The van der Waals surface area contributed by atoms with Crippen LogP contribution in [0.25, 0.3) is 0 Å². The van der Waals surface area contributed by atoms with Gasteiger partial charge in [-0.15, -0.1) is 0 Å². The molecule has 0 spiro atoms. The quantitative estimate of drug-likeness (QED) is 0.911. The number of hydrogen-bond acceptors (Lipinski definition) is 3. The van der Waals surface area contributed by atoms with Crippen molar-refractivity contribution in [2.24, 2.45) is 5.73 Å². The van der Waals surface area contributed by atoms with Gasteiger partial charge in [-0.1, -0.05) is 24.3 Å². The van der Waals surface area contributed by atoms with Crippen LogP contribution in [0.4, 0.5) is 4.39 Å². The fraction of sp³-hybridized carbons (Fsp3) is 0.250. The standard InChI is InChI=1S/C16H18FNO2/c1-11-7-8-13(17)16(9-11)20-10-14(18)12-5-3-4-6-15(12)19-2/h3-9,14H,10,18H2,1-2H3. The Bertz CT molecular complexity index is 586. The first-order valence-corrected chi connectivity index (χ1v) is 6.39. The van der Waals surface area contributed by atoms with E-state index < -0.39 is 0 Å². The smallest absolute Gasteiger partial charge is 0.165 e. The van der Waals surface area contributed by atoms with E-state index in [0.29, 0.717) is 5.75 Å². The largest absolute Gasteiger partial charge is 0.496 e. The second-order valence-electron chi connectivity index (χ2n) is 4.59. The first kappa shape index (κ1) is 14.3. The topological polar surface area (TPSA) is 44.5 Å². The minimum absolute atomic E-state index is 0.181. The van der Waals surface area contributed by atoms with Crippen LogP contribution in [0.2, 0.25) is 0 Å². The lowest BCUT2D eigenvalue weighted by molar-refractivity contribution is 0.274. The lowest BCUT2D eigenvalue weighted by Crippen LogP contribution is -2.20. The summed E-state index contributed by atoms with van der Waals surface area (Å²) in [6, 6.07) is 11.8. The molecule has 0 aliphatic rings. The summed E-state index contributed by atoms with van der Waals surface area (Å²) >= 11 is 0. The van der Waals surface area contributed by atoms with Crippen LogP contribution in [0.15, 0.2) is 42.5 Å². The monoisotopic (exact) mass is 275 g/mol. The Labute approximate surface area is 118 Å². The van der Waals surface area contributed by atoms with Gasteiger partial charge in [-0.25, -0.2) is 4.39 Å². The Morgan fingerprint density at radius 2 is 1.90 bits per heavy atom. The van der Waals surface area contributed by atoms with E-state index in [1.54, 1.807) is 19.2 Å². The second-order valence-corrected chi connectivity index (χ2v) is 4.59. The first-order valence-electron chi connectivity index (χ1n) is 6.39. The molecular formula is C16H18FNO2. The summed E-state index contributed by atoms with van der Waals surface area (Å²) in [6.07, 6.45) is 0. The molecule has 0 aliphatic heterocycles. The van der Waals surface area contributed by atoms with E-state index in [9.17, 15) is 4.39 Å². The Morgan fingerprint density at radius 3 is 2.65 bits per heavy atom. The van der Waals surface area contributed by atoms with Crippen molar-refractivity contribution in [3.63, 3.8) is 0 Å². The third-order valence-electron chi connectivity index (χ3n) is 3.04. The number of benzene rings is 2. The van der Waals surface area contributed by atoms with E-state index in [-0.39, 0.29) is 24.2 Å². The maximum atomic E-state index is 13.6. The van der Waals surface area contributed by atoms with Crippen LogP contribution in [-0.4, -0.2) is 13.7 Å². The van der Waals surface area contributed by atoms with Crippen LogP contribution in [0.5, 0.6) is 11.5 Å². The van der Waals surface area contributed by atoms with Gasteiger partial charge < -0.3 is 15.2 Å². The van der Waals surface area contributed by atoms with Gasteiger partial charge in [0.05, 0.1) is 13.2 Å². The molecule has 2 aromatic carbocycles. The van der Waals surface area contributed by atoms with E-state index in [1.165, 1.54) is 6.07 Å². The highest BCUT2D eigenvalue weighted by Crippen LogP contribution is 2.25. The van der Waals surface area contributed by atoms with Gasteiger partial charge in [0.1, 0.15) is 12.4 Å². The molecule has 0 fully saturated rings. The number of nitrogens with two attached hydrogens (primary N) is 1. The summed E-state index contributed by atoms with van der Waals surface area (Å²) < 4.78 is 24.3. The second kappa shape index (κ2) is 6.39. The predicted molar refractivity (Wildman–Crippen MR) is 76.6 cm³/mol. The van der Waals surface area contributed by atoms with Crippen LogP contribution in [0, 0.1) is 12.7 Å². The van der Waals surface area contributed by atoms with E-state index in [1.807, 2.05) is 31.2 Å². The van der Waals surface area contributed by atoms with Crippen molar-refractivity contribution in [2.75, 3.05) is 13.7 Å². The Morgan fingerprint density at radius 1 is 1.15 bits per heavy atom. The number of rotatable bonds is 5.